The predicted octanol–water partition coefficient (Wildman–Crippen LogP) is 2.75. The van der Waals surface area contributed by atoms with E-state index in [0.717, 1.165) is 0 Å². The van der Waals surface area contributed by atoms with E-state index in [0.29, 0.717) is 54.8 Å². The van der Waals surface area contributed by atoms with Crippen molar-refractivity contribution in [2.75, 3.05) is 32.6 Å². The summed E-state index contributed by atoms with van der Waals surface area (Å²) >= 11 is 0. The summed E-state index contributed by atoms with van der Waals surface area (Å²) in [6.45, 7) is 1.14. The van der Waals surface area contributed by atoms with Gasteiger partial charge in [0.15, 0.2) is 17.3 Å². The molecule has 31 heavy (non-hydrogen) atoms. The van der Waals surface area contributed by atoms with E-state index in [1.165, 1.54) is 0 Å². The summed E-state index contributed by atoms with van der Waals surface area (Å²) in [7, 11) is 3.10. The molecule has 3 aromatic rings. The van der Waals surface area contributed by atoms with Gasteiger partial charge in [-0.05, 0) is 24.3 Å². The molecule has 1 aromatic carbocycles. The fraction of sp³-hybridized carbons (Fsp3) is 0.333. The van der Waals surface area contributed by atoms with Gasteiger partial charge in [-0.1, -0.05) is 6.07 Å². The van der Waals surface area contributed by atoms with Gasteiger partial charge >= 0.3 is 6.03 Å². The maximum absolute atomic E-state index is 12.7. The normalized spacial score (nSPS) is 14.2. The van der Waals surface area contributed by atoms with Gasteiger partial charge in [0.2, 0.25) is 5.88 Å². The number of urea groups is 1. The van der Waals surface area contributed by atoms with Gasteiger partial charge in [-0.3, -0.25) is 0 Å². The molecule has 1 N–H and O–H groups in total. The van der Waals surface area contributed by atoms with Crippen molar-refractivity contribution in [1.29, 1.82) is 0 Å². The number of benzene rings is 1. The zero-order valence-electron chi connectivity index (χ0n) is 17.4. The van der Waals surface area contributed by atoms with Crippen molar-refractivity contribution in [3.8, 4) is 23.2 Å². The van der Waals surface area contributed by atoms with E-state index < -0.39 is 0 Å². The number of carbonyl (C=O) groups is 1. The number of nitrogens with zero attached hydrogens (tertiary/aromatic N) is 5. The van der Waals surface area contributed by atoms with E-state index in [-0.39, 0.29) is 12.1 Å². The third kappa shape index (κ3) is 4.68. The van der Waals surface area contributed by atoms with Crippen LogP contribution in [-0.4, -0.2) is 64.3 Å². The lowest BCUT2D eigenvalue weighted by Crippen LogP contribution is -2.43. The van der Waals surface area contributed by atoms with Crippen LogP contribution in [0.4, 0.5) is 10.5 Å². The van der Waals surface area contributed by atoms with Crippen molar-refractivity contribution in [2.24, 2.45) is 0 Å². The summed E-state index contributed by atoms with van der Waals surface area (Å²) in [5.41, 5.74) is 0.567. The summed E-state index contributed by atoms with van der Waals surface area (Å²) in [6, 6.07) is 10.6. The molecule has 2 amide bonds. The van der Waals surface area contributed by atoms with Crippen molar-refractivity contribution in [1.82, 2.24) is 24.9 Å². The Morgan fingerprint density at radius 3 is 2.55 bits per heavy atom. The van der Waals surface area contributed by atoms with Gasteiger partial charge in [-0.15, -0.1) is 10.2 Å². The highest BCUT2D eigenvalue weighted by molar-refractivity contribution is 5.91. The van der Waals surface area contributed by atoms with Crippen LogP contribution in [0.15, 0.2) is 48.8 Å². The Kier molecular flexibility index (Phi) is 6.16. The topological polar surface area (TPSA) is 104 Å². The number of hydrogen-bond acceptors (Lipinski definition) is 7. The Morgan fingerprint density at radius 1 is 1.06 bits per heavy atom. The first-order valence-electron chi connectivity index (χ1n) is 9.95. The second kappa shape index (κ2) is 9.33. The Bertz CT molecular complexity index is 1000. The lowest BCUT2D eigenvalue weighted by molar-refractivity contribution is 0.110. The number of carbonyl (C=O) groups excluding carboxylic acids is 1. The molecule has 0 unspecified atom stereocenters. The minimum absolute atomic E-state index is 0.0275. The summed E-state index contributed by atoms with van der Waals surface area (Å²) in [4.78, 5) is 14.5. The fourth-order valence-corrected chi connectivity index (χ4v) is 3.43. The molecule has 0 atom stereocenters. The SMILES string of the molecule is COc1cccc(NC(=O)N2CCC(Oc3ccc(-n4cccn4)nn3)CC2)c1OC. The molecule has 3 heterocycles. The van der Waals surface area contributed by atoms with Crippen LogP contribution in [0.3, 0.4) is 0 Å². The lowest BCUT2D eigenvalue weighted by Gasteiger charge is -2.32. The average molecular weight is 424 g/mol. The van der Waals surface area contributed by atoms with E-state index in [2.05, 4.69) is 20.6 Å². The van der Waals surface area contributed by atoms with Crippen molar-refractivity contribution < 1.29 is 19.0 Å². The second-order valence-corrected chi connectivity index (χ2v) is 6.96. The molecule has 1 saturated heterocycles. The maximum atomic E-state index is 12.7. The average Bonchev–Trinajstić information content (AvgIpc) is 3.35. The third-order valence-corrected chi connectivity index (χ3v) is 5.03. The Morgan fingerprint density at radius 2 is 1.90 bits per heavy atom. The van der Waals surface area contributed by atoms with Crippen LogP contribution in [0.1, 0.15) is 12.8 Å². The standard InChI is InChI=1S/C21H24N6O4/c1-29-17-6-3-5-16(20(17)30-2)23-21(28)26-13-9-15(10-14-26)31-19-8-7-18(24-25-19)27-12-4-11-22-27/h3-8,11-12,15H,9-10,13-14H2,1-2H3,(H,23,28). The molecular formula is C21H24N6O4. The Balaban J connectivity index is 1.30. The largest absolute Gasteiger partial charge is 0.493 e. The number of piperidine rings is 1. The van der Waals surface area contributed by atoms with Crippen LogP contribution in [-0.2, 0) is 0 Å². The van der Waals surface area contributed by atoms with Gasteiger partial charge in [0.1, 0.15) is 6.10 Å². The van der Waals surface area contributed by atoms with Gasteiger partial charge in [0, 0.05) is 44.4 Å². The predicted molar refractivity (Wildman–Crippen MR) is 113 cm³/mol. The Labute approximate surface area is 179 Å². The monoisotopic (exact) mass is 424 g/mol. The number of nitrogens with one attached hydrogen (secondary N) is 1. The van der Waals surface area contributed by atoms with Crippen LogP contribution in [0.2, 0.25) is 0 Å². The molecular weight excluding hydrogens is 400 g/mol. The van der Waals surface area contributed by atoms with Crippen molar-refractivity contribution >= 4 is 11.7 Å². The summed E-state index contributed by atoms with van der Waals surface area (Å²) < 4.78 is 18.2. The van der Waals surface area contributed by atoms with Crippen molar-refractivity contribution in [3.63, 3.8) is 0 Å². The number of likely N-dealkylation sites (tertiary alicyclic amines) is 1. The number of aromatic nitrogens is 4. The summed E-state index contributed by atoms with van der Waals surface area (Å²) in [5, 5.41) is 15.3. The number of anilines is 1. The van der Waals surface area contributed by atoms with Crippen LogP contribution in [0.25, 0.3) is 5.82 Å². The first-order valence-corrected chi connectivity index (χ1v) is 9.95. The van der Waals surface area contributed by atoms with E-state index in [9.17, 15) is 4.79 Å². The molecule has 1 aliphatic heterocycles. The lowest BCUT2D eigenvalue weighted by atomic mass is 10.1. The Hall–Kier alpha value is -3.82. The molecule has 1 fully saturated rings. The third-order valence-electron chi connectivity index (χ3n) is 5.03. The number of methoxy groups -OCH3 is 2. The molecule has 1 aliphatic rings. The quantitative estimate of drug-likeness (QED) is 0.649. The molecule has 10 nitrogen and oxygen atoms in total. The highest BCUT2D eigenvalue weighted by Crippen LogP contribution is 2.35. The minimum Gasteiger partial charge on any atom is -0.493 e. The van der Waals surface area contributed by atoms with Crippen LogP contribution < -0.4 is 19.5 Å². The zero-order chi connectivity index (χ0) is 21.6. The first kappa shape index (κ1) is 20.5. The van der Waals surface area contributed by atoms with Crippen molar-refractivity contribution in [2.45, 2.75) is 18.9 Å². The number of hydrogen-bond donors (Lipinski definition) is 1. The highest BCUT2D eigenvalue weighted by atomic mass is 16.5. The van der Waals surface area contributed by atoms with E-state index in [1.807, 2.05) is 6.07 Å². The van der Waals surface area contributed by atoms with Gasteiger partial charge in [0.25, 0.3) is 0 Å². The number of rotatable bonds is 6. The zero-order valence-corrected chi connectivity index (χ0v) is 17.4. The fourth-order valence-electron chi connectivity index (χ4n) is 3.43. The van der Waals surface area contributed by atoms with Gasteiger partial charge in [-0.25, -0.2) is 9.48 Å². The molecule has 0 bridgehead atoms. The minimum atomic E-state index is -0.187. The molecule has 0 radical (unpaired) electrons. The first-order chi connectivity index (χ1) is 15.2. The number of amides is 2. The van der Waals surface area contributed by atoms with Gasteiger partial charge in [0.05, 0.1) is 19.9 Å². The summed E-state index contributed by atoms with van der Waals surface area (Å²) in [6.07, 6.45) is 4.85. The van der Waals surface area contributed by atoms with Crippen LogP contribution in [0.5, 0.6) is 17.4 Å². The summed E-state index contributed by atoms with van der Waals surface area (Å²) in [5.74, 6) is 2.14. The number of para-hydroxylation sites is 1. The molecule has 2 aromatic heterocycles. The number of ether oxygens (including phenoxy) is 3. The van der Waals surface area contributed by atoms with Crippen molar-refractivity contribution in [3.05, 3.63) is 48.8 Å². The second-order valence-electron chi connectivity index (χ2n) is 6.96. The highest BCUT2D eigenvalue weighted by Gasteiger charge is 2.25. The van der Waals surface area contributed by atoms with E-state index in [4.69, 9.17) is 14.2 Å². The molecule has 162 valence electrons. The maximum Gasteiger partial charge on any atom is 0.321 e. The van der Waals surface area contributed by atoms with Crippen LogP contribution in [0, 0.1) is 0 Å². The smallest absolute Gasteiger partial charge is 0.321 e. The molecule has 0 aliphatic carbocycles. The van der Waals surface area contributed by atoms with Gasteiger partial charge < -0.3 is 24.4 Å². The van der Waals surface area contributed by atoms with E-state index in [1.54, 1.807) is 66.5 Å². The molecule has 4 rings (SSSR count). The molecule has 10 heteroatoms. The van der Waals surface area contributed by atoms with Crippen LogP contribution >= 0.6 is 0 Å². The molecule has 0 saturated carbocycles. The molecule has 0 spiro atoms. The van der Waals surface area contributed by atoms with E-state index >= 15 is 0 Å². The van der Waals surface area contributed by atoms with Gasteiger partial charge in [-0.2, -0.15) is 5.10 Å².